The Labute approximate surface area is 135 Å². The van der Waals surface area contributed by atoms with Crippen molar-refractivity contribution in [2.45, 2.75) is 44.6 Å². The molecule has 0 amide bonds. The van der Waals surface area contributed by atoms with Gasteiger partial charge in [0.05, 0.1) is 0 Å². The summed E-state index contributed by atoms with van der Waals surface area (Å²) in [5, 5.41) is 0. The van der Waals surface area contributed by atoms with Gasteiger partial charge in [-0.3, -0.25) is 0 Å². The third-order valence-corrected chi connectivity index (χ3v) is 4.98. The summed E-state index contributed by atoms with van der Waals surface area (Å²) in [6.07, 6.45) is 4.80. The quantitative estimate of drug-likeness (QED) is 0.807. The number of aryl methyl sites for hydroxylation is 2. The van der Waals surface area contributed by atoms with Gasteiger partial charge in [0.15, 0.2) is 0 Å². The summed E-state index contributed by atoms with van der Waals surface area (Å²) in [5.41, 5.74) is 12.0. The zero-order valence-electron chi connectivity index (χ0n) is 12.5. The first-order valence-corrected chi connectivity index (χ1v) is 8.53. The monoisotopic (exact) mass is 343 g/mol. The maximum Gasteiger partial charge on any atom is 0.0301 e. The fourth-order valence-electron chi connectivity index (χ4n) is 3.52. The Morgan fingerprint density at radius 1 is 1.24 bits per heavy atom. The second-order valence-electron chi connectivity index (χ2n) is 6.19. The van der Waals surface area contributed by atoms with Crippen LogP contribution in [0.1, 0.15) is 53.5 Å². The second-order valence-corrected chi connectivity index (χ2v) is 7.11. The average Bonchev–Trinajstić information content (AvgIpc) is 2.46. The molecule has 3 rings (SSSR count). The van der Waals surface area contributed by atoms with Crippen LogP contribution in [0.5, 0.6) is 0 Å². The molecule has 2 aromatic rings. The number of hydrogen-bond donors (Lipinski definition) is 1. The largest absolute Gasteiger partial charge is 0.324 e. The standard InChI is InChI=1S/C19H22BrN/c1-13-9-16(11-17(20)10-13)19(21)12-15-7-4-6-14-5-2-3-8-18(14)15/h2-3,5,8-11,15,19H,4,6-7,12,21H2,1H3. The van der Waals surface area contributed by atoms with Gasteiger partial charge in [-0.1, -0.05) is 46.3 Å². The first-order valence-electron chi connectivity index (χ1n) is 7.74. The predicted octanol–water partition coefficient (Wildman–Crippen LogP) is 5.27. The highest BCUT2D eigenvalue weighted by molar-refractivity contribution is 9.10. The van der Waals surface area contributed by atoms with Crippen LogP contribution >= 0.6 is 15.9 Å². The van der Waals surface area contributed by atoms with E-state index in [1.54, 1.807) is 0 Å². The van der Waals surface area contributed by atoms with Crippen LogP contribution in [-0.4, -0.2) is 0 Å². The third kappa shape index (κ3) is 3.38. The van der Waals surface area contributed by atoms with Gasteiger partial charge in [0, 0.05) is 10.5 Å². The zero-order chi connectivity index (χ0) is 14.8. The van der Waals surface area contributed by atoms with Crippen LogP contribution in [-0.2, 0) is 6.42 Å². The number of fused-ring (bicyclic) bond motifs is 1. The minimum Gasteiger partial charge on any atom is -0.324 e. The van der Waals surface area contributed by atoms with E-state index in [-0.39, 0.29) is 6.04 Å². The maximum atomic E-state index is 6.50. The molecule has 0 saturated heterocycles. The van der Waals surface area contributed by atoms with Crippen LogP contribution in [0.4, 0.5) is 0 Å². The molecular weight excluding hydrogens is 322 g/mol. The first kappa shape index (κ1) is 14.8. The number of nitrogens with two attached hydrogens (primary N) is 1. The summed E-state index contributed by atoms with van der Waals surface area (Å²) in [7, 11) is 0. The highest BCUT2D eigenvalue weighted by Crippen LogP contribution is 2.37. The zero-order valence-corrected chi connectivity index (χ0v) is 14.1. The molecule has 0 spiro atoms. The van der Waals surface area contributed by atoms with E-state index in [0.29, 0.717) is 5.92 Å². The molecule has 1 aliphatic rings. The highest BCUT2D eigenvalue weighted by atomic mass is 79.9. The molecule has 1 nitrogen and oxygen atoms in total. The van der Waals surface area contributed by atoms with Crippen LogP contribution < -0.4 is 5.73 Å². The molecule has 0 fully saturated rings. The van der Waals surface area contributed by atoms with Crippen LogP contribution in [0, 0.1) is 6.92 Å². The van der Waals surface area contributed by atoms with Crippen molar-refractivity contribution in [3.05, 3.63) is 69.2 Å². The van der Waals surface area contributed by atoms with Crippen molar-refractivity contribution in [3.8, 4) is 0 Å². The van der Waals surface area contributed by atoms with Crippen molar-refractivity contribution in [1.82, 2.24) is 0 Å². The van der Waals surface area contributed by atoms with Gasteiger partial charge >= 0.3 is 0 Å². The molecule has 1 aliphatic carbocycles. The molecule has 110 valence electrons. The molecule has 0 aromatic heterocycles. The lowest BCUT2D eigenvalue weighted by Gasteiger charge is -2.28. The van der Waals surface area contributed by atoms with E-state index in [1.165, 1.54) is 41.5 Å². The summed E-state index contributed by atoms with van der Waals surface area (Å²) < 4.78 is 1.12. The van der Waals surface area contributed by atoms with Crippen molar-refractivity contribution in [3.63, 3.8) is 0 Å². The number of halogens is 1. The lowest BCUT2D eigenvalue weighted by molar-refractivity contribution is 0.476. The lowest BCUT2D eigenvalue weighted by Crippen LogP contribution is -2.18. The normalized spacial score (nSPS) is 19.1. The van der Waals surface area contributed by atoms with Gasteiger partial charge in [0.2, 0.25) is 0 Å². The summed E-state index contributed by atoms with van der Waals surface area (Å²) in [5.74, 6) is 0.601. The van der Waals surface area contributed by atoms with Gasteiger partial charge in [-0.05, 0) is 72.9 Å². The summed E-state index contributed by atoms with van der Waals surface area (Å²) >= 11 is 3.58. The van der Waals surface area contributed by atoms with Crippen molar-refractivity contribution in [2.24, 2.45) is 5.73 Å². The van der Waals surface area contributed by atoms with Crippen molar-refractivity contribution in [1.29, 1.82) is 0 Å². The average molecular weight is 344 g/mol. The van der Waals surface area contributed by atoms with E-state index in [1.807, 2.05) is 0 Å². The summed E-state index contributed by atoms with van der Waals surface area (Å²) in [4.78, 5) is 0. The molecular formula is C19H22BrN. The molecule has 2 aromatic carbocycles. The molecule has 21 heavy (non-hydrogen) atoms. The van der Waals surface area contributed by atoms with Crippen LogP contribution in [0.25, 0.3) is 0 Å². The molecule has 2 N–H and O–H groups in total. The lowest BCUT2D eigenvalue weighted by atomic mass is 9.79. The summed E-state index contributed by atoms with van der Waals surface area (Å²) in [6.45, 7) is 2.12. The summed E-state index contributed by atoms with van der Waals surface area (Å²) in [6, 6.07) is 15.5. The SMILES string of the molecule is Cc1cc(Br)cc(C(N)CC2CCCc3ccccc32)c1. The van der Waals surface area contributed by atoms with Gasteiger partial charge < -0.3 is 5.73 Å². The molecule has 0 aliphatic heterocycles. The van der Waals surface area contributed by atoms with Crippen LogP contribution in [0.2, 0.25) is 0 Å². The molecule has 2 heteroatoms. The molecule has 0 radical (unpaired) electrons. The highest BCUT2D eigenvalue weighted by Gasteiger charge is 2.22. The van der Waals surface area contributed by atoms with E-state index in [2.05, 4.69) is 65.3 Å². The Morgan fingerprint density at radius 2 is 2.05 bits per heavy atom. The van der Waals surface area contributed by atoms with Gasteiger partial charge in [-0.15, -0.1) is 0 Å². The molecule has 0 heterocycles. The van der Waals surface area contributed by atoms with Crippen molar-refractivity contribution < 1.29 is 0 Å². The van der Waals surface area contributed by atoms with Crippen LogP contribution in [0.15, 0.2) is 46.9 Å². The van der Waals surface area contributed by atoms with Crippen molar-refractivity contribution >= 4 is 15.9 Å². The number of benzene rings is 2. The number of rotatable bonds is 3. The Morgan fingerprint density at radius 3 is 2.86 bits per heavy atom. The topological polar surface area (TPSA) is 26.0 Å². The molecule has 0 saturated carbocycles. The van der Waals surface area contributed by atoms with Gasteiger partial charge in [-0.2, -0.15) is 0 Å². The predicted molar refractivity (Wildman–Crippen MR) is 92.5 cm³/mol. The smallest absolute Gasteiger partial charge is 0.0301 e. The molecule has 2 unspecified atom stereocenters. The van der Waals surface area contributed by atoms with Crippen LogP contribution in [0.3, 0.4) is 0 Å². The second kappa shape index (κ2) is 6.33. The Kier molecular flexibility index (Phi) is 4.46. The van der Waals surface area contributed by atoms with E-state index < -0.39 is 0 Å². The Hall–Kier alpha value is -1.12. The first-order chi connectivity index (χ1) is 10.1. The Balaban J connectivity index is 1.81. The number of hydrogen-bond acceptors (Lipinski definition) is 1. The van der Waals surface area contributed by atoms with E-state index in [0.717, 1.165) is 10.9 Å². The maximum absolute atomic E-state index is 6.50. The van der Waals surface area contributed by atoms with E-state index >= 15 is 0 Å². The van der Waals surface area contributed by atoms with Gasteiger partial charge in [0.25, 0.3) is 0 Å². The molecule has 0 bridgehead atoms. The fourth-order valence-corrected chi connectivity index (χ4v) is 4.15. The minimum absolute atomic E-state index is 0.109. The van der Waals surface area contributed by atoms with Gasteiger partial charge in [0.1, 0.15) is 0 Å². The van der Waals surface area contributed by atoms with Gasteiger partial charge in [-0.25, -0.2) is 0 Å². The third-order valence-electron chi connectivity index (χ3n) is 4.52. The van der Waals surface area contributed by atoms with E-state index in [4.69, 9.17) is 5.73 Å². The Bertz CT molecular complexity index is 615. The fraction of sp³-hybridized carbons (Fsp3) is 0.368. The minimum atomic E-state index is 0.109. The van der Waals surface area contributed by atoms with E-state index in [9.17, 15) is 0 Å². The van der Waals surface area contributed by atoms with Crippen molar-refractivity contribution in [2.75, 3.05) is 0 Å². The molecule has 2 atom stereocenters.